The second-order valence-corrected chi connectivity index (χ2v) is 5.04. The number of ether oxygens (including phenoxy) is 1. The molecule has 0 aliphatic heterocycles. The summed E-state index contributed by atoms with van der Waals surface area (Å²) < 4.78 is 5.83. The van der Waals surface area contributed by atoms with Gasteiger partial charge in [0.25, 0.3) is 5.91 Å². The Labute approximate surface area is 124 Å². The average Bonchev–Trinajstić information content (AvgIpc) is 2.41. The quantitative estimate of drug-likeness (QED) is 0.901. The molecule has 0 aliphatic carbocycles. The lowest BCUT2D eigenvalue weighted by molar-refractivity contribution is 0.102. The predicted molar refractivity (Wildman–Crippen MR) is 80.1 cm³/mol. The summed E-state index contributed by atoms with van der Waals surface area (Å²) in [7, 11) is 1.56. The number of methoxy groups -OCH3 is 1. The number of rotatable bonds is 3. The zero-order valence-corrected chi connectivity index (χ0v) is 12.5. The number of carbonyl (C=O) groups excluding carboxylic acids is 1. The molecule has 0 fully saturated rings. The first-order valence-electron chi connectivity index (χ1n) is 5.51. The van der Waals surface area contributed by atoms with Gasteiger partial charge in [0.15, 0.2) is 0 Å². The average molecular weight is 341 g/mol. The highest BCUT2D eigenvalue weighted by Gasteiger charge is 2.11. The first kappa shape index (κ1) is 13.9. The summed E-state index contributed by atoms with van der Waals surface area (Å²) in [6.45, 7) is 0. The zero-order chi connectivity index (χ0) is 13.8. The predicted octanol–water partition coefficient (Wildman–Crippen LogP) is 4.36. The normalized spacial score (nSPS) is 10.1. The molecule has 2 aromatic rings. The number of amides is 1. The minimum absolute atomic E-state index is 0.234. The lowest BCUT2D eigenvalue weighted by atomic mass is 10.2. The van der Waals surface area contributed by atoms with Gasteiger partial charge in [0.1, 0.15) is 5.75 Å². The van der Waals surface area contributed by atoms with E-state index in [9.17, 15) is 4.79 Å². The Morgan fingerprint density at radius 1 is 1.26 bits per heavy atom. The summed E-state index contributed by atoms with van der Waals surface area (Å²) in [5.74, 6) is 0.398. The Hall–Kier alpha value is -1.52. The summed E-state index contributed by atoms with van der Waals surface area (Å²) in [5.41, 5.74) is 1.06. The standard InChI is InChI=1S/C14H11BrClNO2/c1-19-9-6-7-12(16)13(8-9)17-14(18)10-4-2-3-5-11(10)15/h2-8H,1H3,(H,17,18). The topological polar surface area (TPSA) is 38.3 Å². The molecule has 0 bridgehead atoms. The highest BCUT2D eigenvalue weighted by Crippen LogP contribution is 2.27. The molecule has 1 N–H and O–H groups in total. The van der Waals surface area contributed by atoms with Gasteiger partial charge in [-0.05, 0) is 40.2 Å². The third kappa shape index (κ3) is 3.28. The van der Waals surface area contributed by atoms with E-state index in [1.54, 1.807) is 37.4 Å². The SMILES string of the molecule is COc1ccc(Cl)c(NC(=O)c2ccccc2Br)c1. The van der Waals surface area contributed by atoms with Crippen molar-refractivity contribution in [2.24, 2.45) is 0 Å². The second kappa shape index (κ2) is 6.08. The van der Waals surface area contributed by atoms with Crippen LogP contribution in [0.1, 0.15) is 10.4 Å². The van der Waals surface area contributed by atoms with Crippen molar-refractivity contribution < 1.29 is 9.53 Å². The molecule has 2 aromatic carbocycles. The monoisotopic (exact) mass is 339 g/mol. The van der Waals surface area contributed by atoms with Gasteiger partial charge in [0.05, 0.1) is 23.4 Å². The highest BCUT2D eigenvalue weighted by atomic mass is 79.9. The fraction of sp³-hybridized carbons (Fsp3) is 0.0714. The van der Waals surface area contributed by atoms with Crippen molar-refractivity contribution in [1.82, 2.24) is 0 Å². The molecule has 19 heavy (non-hydrogen) atoms. The minimum Gasteiger partial charge on any atom is -0.497 e. The van der Waals surface area contributed by atoms with Crippen molar-refractivity contribution in [3.63, 3.8) is 0 Å². The van der Waals surface area contributed by atoms with Crippen molar-refractivity contribution in [1.29, 1.82) is 0 Å². The van der Waals surface area contributed by atoms with E-state index in [1.807, 2.05) is 12.1 Å². The van der Waals surface area contributed by atoms with Gasteiger partial charge in [0.2, 0.25) is 0 Å². The molecule has 5 heteroatoms. The van der Waals surface area contributed by atoms with Crippen molar-refractivity contribution in [2.75, 3.05) is 12.4 Å². The maximum atomic E-state index is 12.1. The number of hydrogen-bond acceptors (Lipinski definition) is 2. The van der Waals surface area contributed by atoms with Crippen LogP contribution in [-0.2, 0) is 0 Å². The maximum absolute atomic E-state index is 12.1. The molecule has 0 saturated carbocycles. The largest absolute Gasteiger partial charge is 0.497 e. The van der Waals surface area contributed by atoms with Crippen LogP contribution in [0.15, 0.2) is 46.9 Å². The Morgan fingerprint density at radius 2 is 2.00 bits per heavy atom. The van der Waals surface area contributed by atoms with Crippen molar-refractivity contribution >= 4 is 39.1 Å². The van der Waals surface area contributed by atoms with Crippen molar-refractivity contribution in [3.8, 4) is 5.75 Å². The highest BCUT2D eigenvalue weighted by molar-refractivity contribution is 9.10. The van der Waals surface area contributed by atoms with Crippen LogP contribution >= 0.6 is 27.5 Å². The van der Waals surface area contributed by atoms with E-state index >= 15 is 0 Å². The van der Waals surface area contributed by atoms with Gasteiger partial charge in [-0.15, -0.1) is 0 Å². The molecule has 0 aromatic heterocycles. The van der Waals surface area contributed by atoms with Gasteiger partial charge in [-0.3, -0.25) is 4.79 Å². The van der Waals surface area contributed by atoms with Crippen LogP contribution in [0.2, 0.25) is 5.02 Å². The molecular formula is C14H11BrClNO2. The van der Waals surface area contributed by atoms with Gasteiger partial charge in [0, 0.05) is 10.5 Å². The third-order valence-corrected chi connectivity index (χ3v) is 3.56. The van der Waals surface area contributed by atoms with Crippen molar-refractivity contribution in [3.05, 3.63) is 57.5 Å². The minimum atomic E-state index is -0.234. The summed E-state index contributed by atoms with van der Waals surface area (Å²) in [6.07, 6.45) is 0. The number of hydrogen-bond donors (Lipinski definition) is 1. The summed E-state index contributed by atoms with van der Waals surface area (Å²) >= 11 is 9.38. The molecule has 0 aliphatic rings. The number of nitrogens with one attached hydrogen (secondary N) is 1. The fourth-order valence-corrected chi connectivity index (χ4v) is 2.19. The van der Waals surface area contributed by atoms with Gasteiger partial charge >= 0.3 is 0 Å². The van der Waals surface area contributed by atoms with Crippen LogP contribution in [0.5, 0.6) is 5.75 Å². The second-order valence-electron chi connectivity index (χ2n) is 3.78. The Balaban J connectivity index is 2.26. The van der Waals surface area contributed by atoms with E-state index in [0.717, 1.165) is 4.47 Å². The van der Waals surface area contributed by atoms with Crippen LogP contribution in [0.4, 0.5) is 5.69 Å². The van der Waals surface area contributed by atoms with E-state index in [1.165, 1.54) is 0 Å². The Kier molecular flexibility index (Phi) is 4.45. The Morgan fingerprint density at radius 3 is 2.68 bits per heavy atom. The number of halogens is 2. The van der Waals surface area contributed by atoms with Gasteiger partial charge in [-0.2, -0.15) is 0 Å². The lowest BCUT2D eigenvalue weighted by Gasteiger charge is -2.10. The zero-order valence-electron chi connectivity index (χ0n) is 10.1. The first-order valence-corrected chi connectivity index (χ1v) is 6.68. The molecule has 0 spiro atoms. The molecule has 1 amide bonds. The molecular weight excluding hydrogens is 330 g/mol. The van der Waals surface area contributed by atoms with Crippen LogP contribution in [0.3, 0.4) is 0 Å². The van der Waals surface area contributed by atoms with Gasteiger partial charge in [-0.25, -0.2) is 0 Å². The molecule has 0 radical (unpaired) electrons. The van der Waals surface area contributed by atoms with Crippen LogP contribution < -0.4 is 10.1 Å². The number of carbonyl (C=O) groups is 1. The van der Waals surface area contributed by atoms with Crippen LogP contribution in [-0.4, -0.2) is 13.0 Å². The fourth-order valence-electron chi connectivity index (χ4n) is 1.56. The molecule has 3 nitrogen and oxygen atoms in total. The van der Waals surface area contributed by atoms with Gasteiger partial charge in [-0.1, -0.05) is 23.7 Å². The summed E-state index contributed by atoms with van der Waals surface area (Å²) in [4.78, 5) is 12.1. The molecule has 2 rings (SSSR count). The van der Waals surface area contributed by atoms with E-state index in [0.29, 0.717) is 22.0 Å². The van der Waals surface area contributed by atoms with Crippen LogP contribution in [0.25, 0.3) is 0 Å². The maximum Gasteiger partial charge on any atom is 0.256 e. The summed E-state index contributed by atoms with van der Waals surface area (Å²) in [5, 5.41) is 3.22. The smallest absolute Gasteiger partial charge is 0.256 e. The van der Waals surface area contributed by atoms with Gasteiger partial charge < -0.3 is 10.1 Å². The van der Waals surface area contributed by atoms with E-state index < -0.39 is 0 Å². The van der Waals surface area contributed by atoms with Crippen LogP contribution in [0, 0.1) is 0 Å². The first-order chi connectivity index (χ1) is 9.11. The molecule has 0 unspecified atom stereocenters. The summed E-state index contributed by atoms with van der Waals surface area (Å²) in [6, 6.07) is 12.3. The van der Waals surface area contributed by atoms with E-state index in [-0.39, 0.29) is 5.91 Å². The molecule has 0 atom stereocenters. The third-order valence-electron chi connectivity index (χ3n) is 2.54. The van der Waals surface area contributed by atoms with E-state index in [4.69, 9.17) is 16.3 Å². The van der Waals surface area contributed by atoms with Crippen molar-refractivity contribution in [2.45, 2.75) is 0 Å². The Bertz CT molecular complexity index is 616. The number of benzene rings is 2. The molecule has 98 valence electrons. The van der Waals surface area contributed by atoms with E-state index in [2.05, 4.69) is 21.2 Å². The molecule has 0 heterocycles. The lowest BCUT2D eigenvalue weighted by Crippen LogP contribution is -2.12. The molecule has 0 saturated heterocycles. The number of anilines is 1.